The summed E-state index contributed by atoms with van der Waals surface area (Å²) in [6.45, 7) is 3.09. The molecule has 0 atom stereocenters. The van der Waals surface area contributed by atoms with Crippen LogP contribution in [-0.2, 0) is 25.9 Å². The van der Waals surface area contributed by atoms with Crippen molar-refractivity contribution >= 4 is 21.2 Å². The number of hydrogen-bond donors (Lipinski definition) is 0. The van der Waals surface area contributed by atoms with Crippen molar-refractivity contribution in [3.05, 3.63) is 40.5 Å². The monoisotopic (exact) mass is 425 g/mol. The van der Waals surface area contributed by atoms with Crippen LogP contribution in [0.2, 0.25) is 0 Å². The van der Waals surface area contributed by atoms with Gasteiger partial charge in [-0.3, -0.25) is 0 Å². The predicted octanol–water partition coefficient (Wildman–Crippen LogP) is 1.91. The Morgan fingerprint density at radius 1 is 1.25 bits per heavy atom. The zero-order valence-corrected chi connectivity index (χ0v) is 17.0. The van der Waals surface area contributed by atoms with E-state index in [0.29, 0.717) is 30.2 Å². The first-order chi connectivity index (χ1) is 13.3. The lowest BCUT2D eigenvalue weighted by Crippen LogP contribution is -2.29. The Hall–Kier alpha value is -2.21. The molecule has 11 heteroatoms. The van der Waals surface area contributed by atoms with Crippen molar-refractivity contribution in [2.45, 2.75) is 30.6 Å². The van der Waals surface area contributed by atoms with E-state index in [4.69, 9.17) is 13.9 Å². The van der Waals surface area contributed by atoms with Gasteiger partial charge in [0.15, 0.2) is 15.6 Å². The Balaban J connectivity index is 1.71. The molecule has 4 heterocycles. The highest BCUT2D eigenvalue weighted by Gasteiger charge is 2.31. The van der Waals surface area contributed by atoms with Gasteiger partial charge in [-0.1, -0.05) is 0 Å². The quantitative estimate of drug-likeness (QED) is 0.594. The third-order valence-corrected chi connectivity index (χ3v) is 6.69. The van der Waals surface area contributed by atoms with Gasteiger partial charge in [-0.2, -0.15) is 4.68 Å². The Morgan fingerprint density at radius 3 is 2.57 bits per heavy atom. The SMILES string of the molecule is CC1(CCn2nc(-c3scc(S(C)(=O)=O)c3-n3cccc3)oc2=O)OCCO1. The van der Waals surface area contributed by atoms with Crippen LogP contribution in [0.3, 0.4) is 0 Å². The summed E-state index contributed by atoms with van der Waals surface area (Å²) in [6, 6.07) is 3.56. The van der Waals surface area contributed by atoms with Gasteiger partial charge in [-0.15, -0.1) is 16.4 Å². The largest absolute Gasteiger partial charge is 0.437 e. The van der Waals surface area contributed by atoms with E-state index in [-0.39, 0.29) is 17.3 Å². The summed E-state index contributed by atoms with van der Waals surface area (Å²) in [7, 11) is -3.48. The maximum Gasteiger partial charge on any atom is 0.437 e. The minimum atomic E-state index is -3.48. The molecule has 0 spiro atoms. The van der Waals surface area contributed by atoms with Gasteiger partial charge < -0.3 is 18.5 Å². The lowest BCUT2D eigenvalue weighted by molar-refractivity contribution is -0.149. The molecule has 1 aliphatic rings. The number of thiophene rings is 1. The molecule has 0 aliphatic carbocycles. The van der Waals surface area contributed by atoms with Crippen LogP contribution in [0.1, 0.15) is 13.3 Å². The molecule has 4 rings (SSSR count). The van der Waals surface area contributed by atoms with Gasteiger partial charge in [0.25, 0.3) is 5.89 Å². The summed E-state index contributed by atoms with van der Waals surface area (Å²) in [5, 5.41) is 5.79. The van der Waals surface area contributed by atoms with E-state index in [1.54, 1.807) is 29.1 Å². The first kappa shape index (κ1) is 19.1. The maximum atomic E-state index is 12.3. The van der Waals surface area contributed by atoms with E-state index < -0.39 is 21.4 Å². The number of nitrogens with zero attached hydrogens (tertiary/aromatic N) is 3. The van der Waals surface area contributed by atoms with Crippen molar-refractivity contribution in [3.8, 4) is 16.5 Å². The summed E-state index contributed by atoms with van der Waals surface area (Å²) >= 11 is 1.16. The second-order valence-corrected chi connectivity index (χ2v) is 9.48. The standard InChI is InChI=1S/C17H19N3O6S2/c1-17(24-9-10-25-17)5-8-20-16(21)26-15(18-20)14-13(19-6-3-4-7-19)12(11-27-14)28(2,22)23/h3-4,6-7,11H,5,8-10H2,1-2H3. The highest BCUT2D eigenvalue weighted by atomic mass is 32.2. The number of ether oxygens (including phenoxy) is 2. The molecule has 150 valence electrons. The second kappa shape index (κ2) is 6.99. The normalized spacial score (nSPS) is 16.6. The van der Waals surface area contributed by atoms with Gasteiger partial charge in [0.1, 0.15) is 9.77 Å². The Kier molecular flexibility index (Phi) is 4.78. The zero-order chi connectivity index (χ0) is 19.9. The molecule has 28 heavy (non-hydrogen) atoms. The lowest BCUT2D eigenvalue weighted by Gasteiger charge is -2.21. The molecule has 1 fully saturated rings. The second-order valence-electron chi connectivity index (χ2n) is 6.62. The van der Waals surface area contributed by atoms with E-state index >= 15 is 0 Å². The maximum absolute atomic E-state index is 12.3. The van der Waals surface area contributed by atoms with Gasteiger partial charge in [-0.05, 0) is 19.1 Å². The summed E-state index contributed by atoms with van der Waals surface area (Å²) in [4.78, 5) is 12.9. The topological polar surface area (TPSA) is 106 Å². The number of hydrogen-bond acceptors (Lipinski definition) is 8. The summed E-state index contributed by atoms with van der Waals surface area (Å²) < 4.78 is 43.7. The van der Waals surface area contributed by atoms with Crippen molar-refractivity contribution in [2.24, 2.45) is 0 Å². The fraction of sp³-hybridized carbons (Fsp3) is 0.412. The Labute approximate surface area is 165 Å². The van der Waals surface area contributed by atoms with Crippen molar-refractivity contribution in [1.82, 2.24) is 14.3 Å². The van der Waals surface area contributed by atoms with Crippen LogP contribution < -0.4 is 5.76 Å². The Morgan fingerprint density at radius 2 is 1.93 bits per heavy atom. The average Bonchev–Trinajstić information content (AvgIpc) is 3.39. The molecule has 1 saturated heterocycles. The lowest BCUT2D eigenvalue weighted by atomic mass is 10.2. The third kappa shape index (κ3) is 3.58. The summed E-state index contributed by atoms with van der Waals surface area (Å²) in [6.07, 6.45) is 5.03. The summed E-state index contributed by atoms with van der Waals surface area (Å²) in [5.74, 6) is -1.29. The molecule has 1 aliphatic heterocycles. The minimum Gasteiger partial charge on any atom is -0.387 e. The molecule has 3 aromatic rings. The molecule has 0 N–H and O–H groups in total. The van der Waals surface area contributed by atoms with E-state index in [1.807, 2.05) is 6.92 Å². The van der Waals surface area contributed by atoms with Crippen molar-refractivity contribution in [2.75, 3.05) is 19.5 Å². The van der Waals surface area contributed by atoms with Crippen molar-refractivity contribution in [3.63, 3.8) is 0 Å². The molecule has 0 aromatic carbocycles. The third-order valence-electron chi connectivity index (χ3n) is 4.47. The number of aromatic nitrogens is 3. The number of aryl methyl sites for hydroxylation is 1. The molecule has 0 saturated carbocycles. The number of sulfone groups is 1. The first-order valence-corrected chi connectivity index (χ1v) is 11.4. The van der Waals surface area contributed by atoms with E-state index in [2.05, 4.69) is 5.10 Å². The summed E-state index contributed by atoms with van der Waals surface area (Å²) in [5.41, 5.74) is 0.417. The molecule has 0 bridgehead atoms. The molecule has 0 radical (unpaired) electrons. The van der Waals surface area contributed by atoms with Crippen LogP contribution in [0.15, 0.2) is 44.0 Å². The van der Waals surface area contributed by atoms with Crippen LogP contribution in [-0.4, -0.2) is 48.0 Å². The van der Waals surface area contributed by atoms with Crippen LogP contribution in [0.4, 0.5) is 0 Å². The van der Waals surface area contributed by atoms with Crippen molar-refractivity contribution < 1.29 is 22.3 Å². The van der Waals surface area contributed by atoms with Gasteiger partial charge >= 0.3 is 5.76 Å². The van der Waals surface area contributed by atoms with Crippen LogP contribution >= 0.6 is 11.3 Å². The van der Waals surface area contributed by atoms with Gasteiger partial charge in [0.2, 0.25) is 0 Å². The number of rotatable bonds is 6. The fourth-order valence-electron chi connectivity index (χ4n) is 3.03. The van der Waals surface area contributed by atoms with E-state index in [9.17, 15) is 13.2 Å². The molecule has 0 amide bonds. The minimum absolute atomic E-state index is 0.0759. The van der Waals surface area contributed by atoms with Gasteiger partial charge in [0, 0.05) is 30.5 Å². The molecule has 0 unspecified atom stereocenters. The van der Waals surface area contributed by atoms with Crippen LogP contribution in [0.5, 0.6) is 0 Å². The van der Waals surface area contributed by atoms with Crippen LogP contribution in [0, 0.1) is 0 Å². The van der Waals surface area contributed by atoms with Crippen molar-refractivity contribution in [1.29, 1.82) is 0 Å². The van der Waals surface area contributed by atoms with Crippen LogP contribution in [0.25, 0.3) is 16.5 Å². The predicted molar refractivity (Wildman–Crippen MR) is 101 cm³/mol. The molecular weight excluding hydrogens is 406 g/mol. The smallest absolute Gasteiger partial charge is 0.387 e. The van der Waals surface area contributed by atoms with E-state index in [1.165, 1.54) is 10.1 Å². The first-order valence-electron chi connectivity index (χ1n) is 8.58. The molecule has 3 aromatic heterocycles. The Bertz CT molecular complexity index is 1130. The molecule has 9 nitrogen and oxygen atoms in total. The highest BCUT2D eigenvalue weighted by molar-refractivity contribution is 7.91. The van der Waals surface area contributed by atoms with Gasteiger partial charge in [-0.25, -0.2) is 13.2 Å². The molecular formula is C17H19N3O6S2. The van der Waals surface area contributed by atoms with E-state index in [0.717, 1.165) is 17.6 Å². The fourth-order valence-corrected chi connectivity index (χ4v) is 5.34. The average molecular weight is 425 g/mol. The highest BCUT2D eigenvalue weighted by Crippen LogP contribution is 2.37. The van der Waals surface area contributed by atoms with Gasteiger partial charge in [0.05, 0.1) is 25.4 Å². The zero-order valence-electron chi connectivity index (χ0n) is 15.3.